The quantitative estimate of drug-likeness (QED) is 0.701. The van der Waals surface area contributed by atoms with E-state index in [1.165, 1.54) is 0 Å². The van der Waals surface area contributed by atoms with Gasteiger partial charge in [0.05, 0.1) is 18.7 Å². The molecule has 3 rings (SSSR count). The predicted octanol–water partition coefficient (Wildman–Crippen LogP) is 3.22. The zero-order valence-corrected chi connectivity index (χ0v) is 14.6. The van der Waals surface area contributed by atoms with Crippen LogP contribution in [0.5, 0.6) is 5.75 Å². The van der Waals surface area contributed by atoms with Gasteiger partial charge in [-0.15, -0.1) is 10.2 Å². The van der Waals surface area contributed by atoms with Gasteiger partial charge in [-0.25, -0.2) is 0 Å². The summed E-state index contributed by atoms with van der Waals surface area (Å²) in [6.07, 6.45) is 0. The molecule has 0 radical (unpaired) electrons. The summed E-state index contributed by atoms with van der Waals surface area (Å²) in [5.41, 5.74) is 2.30. The Labute approximate surface area is 156 Å². The van der Waals surface area contributed by atoms with Gasteiger partial charge in [-0.3, -0.25) is 4.79 Å². The molecular weight excluding hydrogens is 342 g/mol. The van der Waals surface area contributed by atoms with Crippen molar-refractivity contribution >= 4 is 17.4 Å². The second-order valence-electron chi connectivity index (χ2n) is 5.61. The molecule has 0 atom stereocenters. The van der Waals surface area contributed by atoms with E-state index >= 15 is 0 Å². The highest BCUT2D eigenvalue weighted by Crippen LogP contribution is 2.18. The minimum absolute atomic E-state index is 0.196. The molecule has 2 N–H and O–H groups in total. The molecule has 7 nitrogen and oxygen atoms in total. The fraction of sp³-hybridized carbons (Fsp3) is 0.100. The number of rotatable bonds is 6. The minimum atomic E-state index is -0.372. The van der Waals surface area contributed by atoms with E-state index in [-0.39, 0.29) is 11.6 Å². The van der Waals surface area contributed by atoms with E-state index in [2.05, 4.69) is 20.8 Å². The predicted molar refractivity (Wildman–Crippen MR) is 101 cm³/mol. The number of hydrogen-bond acceptors (Lipinski definition) is 6. The fourth-order valence-corrected chi connectivity index (χ4v) is 2.41. The number of anilines is 2. The van der Waals surface area contributed by atoms with Gasteiger partial charge in [-0.2, -0.15) is 5.26 Å². The lowest BCUT2D eigenvalue weighted by atomic mass is 10.2. The largest absolute Gasteiger partial charge is 0.496 e. The van der Waals surface area contributed by atoms with Gasteiger partial charge >= 0.3 is 0 Å². The lowest BCUT2D eigenvalue weighted by molar-refractivity contribution is 0.102. The van der Waals surface area contributed by atoms with Gasteiger partial charge in [0.2, 0.25) is 0 Å². The van der Waals surface area contributed by atoms with Crippen LogP contribution in [0.3, 0.4) is 0 Å². The van der Waals surface area contributed by atoms with Gasteiger partial charge in [0.1, 0.15) is 11.6 Å². The van der Waals surface area contributed by atoms with Crippen molar-refractivity contribution in [2.75, 3.05) is 17.7 Å². The van der Waals surface area contributed by atoms with Crippen LogP contribution in [0.15, 0.2) is 60.7 Å². The topological polar surface area (TPSA) is 99.9 Å². The SMILES string of the molecule is COc1ccccc1CNc1ccc(C(=O)Nc2ccc(C#N)cc2)nn1. The summed E-state index contributed by atoms with van der Waals surface area (Å²) >= 11 is 0. The molecule has 7 heteroatoms. The van der Waals surface area contributed by atoms with E-state index in [9.17, 15) is 4.79 Å². The third-order valence-corrected chi connectivity index (χ3v) is 3.82. The third kappa shape index (κ3) is 4.58. The van der Waals surface area contributed by atoms with Gasteiger partial charge in [-0.1, -0.05) is 18.2 Å². The van der Waals surface area contributed by atoms with E-state index in [0.717, 1.165) is 11.3 Å². The molecule has 1 amide bonds. The van der Waals surface area contributed by atoms with Gasteiger partial charge in [0.25, 0.3) is 5.91 Å². The Bertz CT molecular complexity index is 963. The first-order valence-corrected chi connectivity index (χ1v) is 8.20. The van der Waals surface area contributed by atoms with Crippen LogP contribution in [0, 0.1) is 11.3 Å². The van der Waals surface area contributed by atoms with Crippen molar-refractivity contribution in [3.8, 4) is 11.8 Å². The number of nitriles is 1. The second kappa shape index (κ2) is 8.45. The van der Waals surface area contributed by atoms with Crippen LogP contribution in [0.25, 0.3) is 0 Å². The fourth-order valence-electron chi connectivity index (χ4n) is 2.41. The number of methoxy groups -OCH3 is 1. The molecule has 0 fully saturated rings. The monoisotopic (exact) mass is 359 g/mol. The normalized spacial score (nSPS) is 9.93. The van der Waals surface area contributed by atoms with Crippen LogP contribution >= 0.6 is 0 Å². The summed E-state index contributed by atoms with van der Waals surface area (Å²) in [4.78, 5) is 12.2. The number of ether oxygens (including phenoxy) is 1. The van der Waals surface area contributed by atoms with E-state index in [1.807, 2.05) is 30.3 Å². The first-order valence-electron chi connectivity index (χ1n) is 8.20. The maximum absolute atomic E-state index is 12.2. The highest BCUT2D eigenvalue weighted by Gasteiger charge is 2.09. The maximum Gasteiger partial charge on any atom is 0.276 e. The van der Waals surface area contributed by atoms with Crippen molar-refractivity contribution in [1.29, 1.82) is 5.26 Å². The van der Waals surface area contributed by atoms with Crippen LogP contribution in [-0.2, 0) is 6.54 Å². The van der Waals surface area contributed by atoms with Gasteiger partial charge < -0.3 is 15.4 Å². The Hall–Kier alpha value is -3.92. The summed E-state index contributed by atoms with van der Waals surface area (Å²) in [5.74, 6) is 0.968. The van der Waals surface area contributed by atoms with Crippen molar-refractivity contribution in [2.24, 2.45) is 0 Å². The van der Waals surface area contributed by atoms with Crippen molar-refractivity contribution < 1.29 is 9.53 Å². The molecule has 0 aliphatic heterocycles. The Morgan fingerprint density at radius 1 is 1.07 bits per heavy atom. The lowest BCUT2D eigenvalue weighted by Gasteiger charge is -2.10. The highest BCUT2D eigenvalue weighted by molar-refractivity contribution is 6.02. The number of aromatic nitrogens is 2. The number of hydrogen-bond donors (Lipinski definition) is 2. The number of benzene rings is 2. The molecule has 1 heterocycles. The molecule has 0 unspecified atom stereocenters. The molecule has 3 aromatic rings. The van der Waals surface area contributed by atoms with Crippen LogP contribution in [0.2, 0.25) is 0 Å². The average molecular weight is 359 g/mol. The third-order valence-electron chi connectivity index (χ3n) is 3.82. The zero-order valence-electron chi connectivity index (χ0n) is 14.6. The Morgan fingerprint density at radius 3 is 2.52 bits per heavy atom. The molecule has 0 aliphatic rings. The standard InChI is InChI=1S/C20H17N5O2/c1-27-18-5-3-2-4-15(18)13-22-19-11-10-17(24-25-19)20(26)23-16-8-6-14(12-21)7-9-16/h2-11H,13H2,1H3,(H,22,25)(H,23,26). The average Bonchev–Trinajstić information content (AvgIpc) is 2.73. The number of amides is 1. The van der Waals surface area contributed by atoms with Crippen LogP contribution in [0.4, 0.5) is 11.5 Å². The summed E-state index contributed by atoms with van der Waals surface area (Å²) in [6, 6.07) is 19.6. The molecule has 0 bridgehead atoms. The lowest BCUT2D eigenvalue weighted by Crippen LogP contribution is -2.15. The summed E-state index contributed by atoms with van der Waals surface area (Å²) < 4.78 is 5.31. The number of nitrogens with one attached hydrogen (secondary N) is 2. The van der Waals surface area contributed by atoms with Crippen molar-refractivity contribution in [3.63, 3.8) is 0 Å². The van der Waals surface area contributed by atoms with Crippen LogP contribution < -0.4 is 15.4 Å². The van der Waals surface area contributed by atoms with Crippen molar-refractivity contribution in [3.05, 3.63) is 77.5 Å². The summed E-state index contributed by atoms with van der Waals surface area (Å²) in [6.45, 7) is 0.523. The first kappa shape index (κ1) is 17.9. The van der Waals surface area contributed by atoms with Crippen molar-refractivity contribution in [1.82, 2.24) is 10.2 Å². The molecule has 27 heavy (non-hydrogen) atoms. The molecule has 2 aromatic carbocycles. The van der Waals surface area contributed by atoms with E-state index in [1.54, 1.807) is 43.5 Å². The first-order chi connectivity index (χ1) is 13.2. The van der Waals surface area contributed by atoms with E-state index in [4.69, 9.17) is 10.00 Å². The maximum atomic E-state index is 12.2. The van der Waals surface area contributed by atoms with Gasteiger partial charge in [0.15, 0.2) is 5.69 Å². The van der Waals surface area contributed by atoms with Crippen LogP contribution in [-0.4, -0.2) is 23.2 Å². The molecule has 134 valence electrons. The van der Waals surface area contributed by atoms with Gasteiger partial charge in [-0.05, 0) is 42.5 Å². The van der Waals surface area contributed by atoms with E-state index in [0.29, 0.717) is 23.6 Å². The Kier molecular flexibility index (Phi) is 5.60. The molecule has 1 aromatic heterocycles. The smallest absolute Gasteiger partial charge is 0.276 e. The molecule has 0 saturated heterocycles. The summed E-state index contributed by atoms with van der Waals surface area (Å²) in [5, 5.41) is 22.6. The molecular formula is C20H17N5O2. The zero-order chi connectivity index (χ0) is 19.1. The molecule has 0 aliphatic carbocycles. The summed E-state index contributed by atoms with van der Waals surface area (Å²) in [7, 11) is 1.62. The Balaban J connectivity index is 1.60. The number of nitrogens with zero attached hydrogens (tertiary/aromatic N) is 3. The van der Waals surface area contributed by atoms with Crippen LogP contribution in [0.1, 0.15) is 21.6 Å². The molecule has 0 spiro atoms. The number of para-hydroxylation sites is 1. The second-order valence-corrected chi connectivity index (χ2v) is 5.61. The van der Waals surface area contributed by atoms with Gasteiger partial charge in [0, 0.05) is 17.8 Å². The van der Waals surface area contributed by atoms with E-state index < -0.39 is 0 Å². The Morgan fingerprint density at radius 2 is 1.85 bits per heavy atom. The number of carbonyl (C=O) groups is 1. The molecule has 0 saturated carbocycles. The van der Waals surface area contributed by atoms with Crippen molar-refractivity contribution in [2.45, 2.75) is 6.54 Å². The number of carbonyl (C=O) groups excluding carboxylic acids is 1. The highest BCUT2D eigenvalue weighted by atomic mass is 16.5. The minimum Gasteiger partial charge on any atom is -0.496 e.